The molecule has 2 aromatic rings. The molecule has 0 radical (unpaired) electrons. The van der Waals surface area contributed by atoms with Crippen molar-refractivity contribution in [2.75, 3.05) is 18.2 Å². The maximum absolute atomic E-state index is 12.9. The molecule has 1 fully saturated rings. The molecule has 2 N–H and O–H groups in total. The molecule has 24 heavy (non-hydrogen) atoms. The molecule has 0 saturated carbocycles. The monoisotopic (exact) mass is 353 g/mol. The van der Waals surface area contributed by atoms with Gasteiger partial charge in [0.2, 0.25) is 0 Å². The largest absolute Gasteiger partial charge is 0.416 e. The van der Waals surface area contributed by atoms with Crippen molar-refractivity contribution in [2.45, 2.75) is 12.7 Å². The van der Waals surface area contributed by atoms with Crippen LogP contribution >= 0.6 is 12.2 Å². The van der Waals surface area contributed by atoms with Crippen molar-refractivity contribution in [1.82, 2.24) is 10.3 Å². The number of thiocarbonyl (C=S) groups is 1. The van der Waals surface area contributed by atoms with Gasteiger partial charge < -0.3 is 5.32 Å². The third-order valence-corrected chi connectivity index (χ3v) is 4.14. The third-order valence-electron chi connectivity index (χ3n) is 3.78. The highest BCUT2D eigenvalue weighted by Gasteiger charge is 2.32. The first-order valence-corrected chi connectivity index (χ1v) is 7.79. The van der Waals surface area contributed by atoms with Crippen LogP contribution in [0.25, 0.3) is 0 Å². The molecular formula is C16H16F3N4S+. The molecule has 0 spiro atoms. The highest BCUT2D eigenvalue weighted by Crippen LogP contribution is 2.31. The fourth-order valence-electron chi connectivity index (χ4n) is 2.62. The number of nitrogens with zero attached hydrogens (tertiary/aromatic N) is 2. The predicted molar refractivity (Wildman–Crippen MR) is 88.3 cm³/mol. The molecule has 1 aliphatic rings. The normalized spacial score (nSPS) is 18.4. The second-order valence-corrected chi connectivity index (χ2v) is 5.97. The van der Waals surface area contributed by atoms with Crippen LogP contribution in [-0.4, -0.2) is 23.4 Å². The number of alkyl halides is 3. The molecule has 1 aliphatic heterocycles. The fourth-order valence-corrected chi connectivity index (χ4v) is 2.86. The molecule has 1 saturated heterocycles. The lowest BCUT2D eigenvalue weighted by molar-refractivity contribution is -0.916. The number of nitrogens with one attached hydrogen (secondary N) is 2. The Morgan fingerprint density at radius 3 is 2.79 bits per heavy atom. The molecule has 8 heteroatoms. The van der Waals surface area contributed by atoms with Gasteiger partial charge in [-0.3, -0.25) is 14.8 Å². The predicted octanol–water partition coefficient (Wildman–Crippen LogP) is 1.79. The van der Waals surface area contributed by atoms with E-state index in [1.165, 1.54) is 6.07 Å². The number of anilines is 1. The van der Waals surface area contributed by atoms with Gasteiger partial charge in [0.25, 0.3) is 0 Å². The lowest BCUT2D eigenvalue weighted by Gasteiger charge is -2.35. The highest BCUT2D eigenvalue weighted by molar-refractivity contribution is 7.80. The molecule has 1 aromatic carbocycles. The van der Waals surface area contributed by atoms with E-state index in [0.29, 0.717) is 30.7 Å². The number of hydrogen-bond acceptors (Lipinski definition) is 2. The van der Waals surface area contributed by atoms with Crippen molar-refractivity contribution >= 4 is 23.0 Å². The second-order valence-electron chi connectivity index (χ2n) is 5.58. The van der Waals surface area contributed by atoms with Gasteiger partial charge in [0.05, 0.1) is 5.56 Å². The summed E-state index contributed by atoms with van der Waals surface area (Å²) in [6.07, 6.45) is -0.880. The van der Waals surface area contributed by atoms with Gasteiger partial charge in [-0.25, -0.2) is 0 Å². The van der Waals surface area contributed by atoms with Gasteiger partial charge in [-0.15, -0.1) is 0 Å². The van der Waals surface area contributed by atoms with E-state index < -0.39 is 11.7 Å². The van der Waals surface area contributed by atoms with Crippen LogP contribution in [0.3, 0.4) is 0 Å². The van der Waals surface area contributed by atoms with E-state index in [9.17, 15) is 13.2 Å². The zero-order valence-electron chi connectivity index (χ0n) is 12.7. The molecule has 0 amide bonds. The number of rotatable bonds is 3. The first-order chi connectivity index (χ1) is 11.4. The van der Waals surface area contributed by atoms with E-state index >= 15 is 0 Å². The maximum atomic E-state index is 12.9. The van der Waals surface area contributed by atoms with Crippen molar-refractivity contribution in [3.8, 4) is 0 Å². The minimum Gasteiger partial charge on any atom is -0.315 e. The molecule has 0 bridgehead atoms. The molecule has 1 atom stereocenters. The molecule has 4 nitrogen and oxygen atoms in total. The molecule has 3 rings (SSSR count). The van der Waals surface area contributed by atoms with Crippen LogP contribution in [0.4, 0.5) is 18.9 Å². The zero-order valence-corrected chi connectivity index (χ0v) is 13.5. The summed E-state index contributed by atoms with van der Waals surface area (Å²) in [5.74, 6) is 0. The molecule has 0 aliphatic carbocycles. The number of hydrogen-bond donors (Lipinski definition) is 2. The summed E-state index contributed by atoms with van der Waals surface area (Å²) in [7, 11) is 0. The van der Waals surface area contributed by atoms with Gasteiger partial charge in [0, 0.05) is 23.6 Å². The van der Waals surface area contributed by atoms with Crippen molar-refractivity contribution < 1.29 is 18.1 Å². The molecule has 1 unspecified atom stereocenters. The van der Waals surface area contributed by atoms with E-state index in [1.54, 1.807) is 23.4 Å². The van der Waals surface area contributed by atoms with Crippen molar-refractivity contribution in [2.24, 2.45) is 0 Å². The number of pyridine rings is 1. The summed E-state index contributed by atoms with van der Waals surface area (Å²) in [6, 6.07) is 9.06. The van der Waals surface area contributed by atoms with Gasteiger partial charge in [0.1, 0.15) is 6.54 Å². The van der Waals surface area contributed by atoms with Crippen molar-refractivity contribution in [3.63, 3.8) is 0 Å². The summed E-state index contributed by atoms with van der Waals surface area (Å²) in [5, 5.41) is 3.51. The van der Waals surface area contributed by atoms with Crippen LogP contribution in [-0.2, 0) is 12.7 Å². The van der Waals surface area contributed by atoms with E-state index in [4.69, 9.17) is 12.2 Å². The maximum Gasteiger partial charge on any atom is 0.416 e. The van der Waals surface area contributed by atoms with Gasteiger partial charge in [-0.05, 0) is 36.5 Å². The fraction of sp³-hybridized carbons (Fsp3) is 0.250. The molecule has 1 aromatic heterocycles. The Hall–Kier alpha value is -2.19. The first kappa shape index (κ1) is 16.7. The Labute approximate surface area is 142 Å². The van der Waals surface area contributed by atoms with E-state index in [2.05, 4.69) is 10.3 Å². The van der Waals surface area contributed by atoms with Gasteiger partial charge >= 0.3 is 6.18 Å². The van der Waals surface area contributed by atoms with Crippen LogP contribution in [0.15, 0.2) is 48.8 Å². The van der Waals surface area contributed by atoms with Crippen LogP contribution in [0, 0.1) is 0 Å². The minimum atomic E-state index is -4.37. The van der Waals surface area contributed by atoms with E-state index in [-0.39, 0.29) is 0 Å². The van der Waals surface area contributed by atoms with Crippen LogP contribution < -0.4 is 15.1 Å². The number of benzene rings is 1. The van der Waals surface area contributed by atoms with Crippen LogP contribution in [0.1, 0.15) is 11.1 Å². The summed E-state index contributed by atoms with van der Waals surface area (Å²) in [5.41, 5.74) is 0.819. The lowest BCUT2D eigenvalue weighted by atomic mass is 10.2. The summed E-state index contributed by atoms with van der Waals surface area (Å²) in [6.45, 7) is 1.81. The van der Waals surface area contributed by atoms with Crippen molar-refractivity contribution in [3.05, 3.63) is 59.9 Å². The average Bonchev–Trinajstić information content (AvgIpc) is 2.57. The molecule has 2 heterocycles. The Morgan fingerprint density at radius 2 is 2.08 bits per heavy atom. The lowest BCUT2D eigenvalue weighted by Crippen LogP contribution is -3.16. The summed E-state index contributed by atoms with van der Waals surface area (Å²) >= 11 is 5.27. The Morgan fingerprint density at radius 1 is 1.25 bits per heavy atom. The quantitative estimate of drug-likeness (QED) is 0.825. The summed E-state index contributed by atoms with van der Waals surface area (Å²) < 4.78 is 38.8. The smallest absolute Gasteiger partial charge is 0.315 e. The van der Waals surface area contributed by atoms with Crippen molar-refractivity contribution in [1.29, 1.82) is 0 Å². The molecular weight excluding hydrogens is 337 g/mol. The second kappa shape index (κ2) is 6.74. The Bertz CT molecular complexity index is 721. The topological polar surface area (TPSA) is 32.6 Å². The molecule has 126 valence electrons. The first-order valence-electron chi connectivity index (χ1n) is 7.38. The SMILES string of the molecule is FC(F)(F)c1cccc(N2C[NH+](Cc3cccnc3)CNC2=S)c1. The Balaban J connectivity index is 1.78. The minimum absolute atomic E-state index is 0.435. The number of aromatic nitrogens is 1. The van der Waals surface area contributed by atoms with Crippen LogP contribution in [0.5, 0.6) is 0 Å². The zero-order chi connectivity index (χ0) is 17.2. The van der Waals surface area contributed by atoms with Gasteiger partial charge in [-0.2, -0.15) is 13.2 Å². The number of halogens is 3. The summed E-state index contributed by atoms with van der Waals surface area (Å²) in [4.78, 5) is 6.91. The van der Waals surface area contributed by atoms with Gasteiger partial charge in [0.15, 0.2) is 18.4 Å². The van der Waals surface area contributed by atoms with E-state index in [0.717, 1.165) is 22.6 Å². The number of quaternary nitrogens is 1. The van der Waals surface area contributed by atoms with Crippen LogP contribution in [0.2, 0.25) is 0 Å². The standard InChI is InChI=1S/C16H15F3N4S/c17-16(18,19)13-4-1-5-14(7-13)23-11-22(10-21-15(23)24)9-12-3-2-6-20-8-12/h1-8H,9-11H2,(H,21,24)/p+1. The highest BCUT2D eigenvalue weighted by atomic mass is 32.1. The van der Waals surface area contributed by atoms with Gasteiger partial charge in [-0.1, -0.05) is 12.1 Å². The third kappa shape index (κ3) is 3.82. The van der Waals surface area contributed by atoms with E-state index in [1.807, 2.05) is 12.1 Å². The average molecular weight is 353 g/mol. The Kier molecular flexibility index (Phi) is 4.68.